The van der Waals surface area contributed by atoms with E-state index in [9.17, 15) is 15.2 Å². The van der Waals surface area contributed by atoms with Gasteiger partial charge in [0.15, 0.2) is 0 Å². The molecule has 0 spiro atoms. The molecule has 2 aromatic rings. The number of hydrogen-bond acceptors (Lipinski definition) is 6. The Morgan fingerprint density at radius 1 is 1.36 bits per heavy atom. The first kappa shape index (κ1) is 17.7. The smallest absolute Gasteiger partial charge is 0.346 e. The SMILES string of the molecule is N#Cc1c(N2CCOCC2)sc(C(=O)O)c1C(N)c1ccc(Cl)cc1. The Kier molecular flexibility index (Phi) is 5.25. The largest absolute Gasteiger partial charge is 0.477 e. The third-order valence-electron chi connectivity index (χ3n) is 4.07. The number of rotatable bonds is 4. The predicted molar refractivity (Wildman–Crippen MR) is 96.5 cm³/mol. The van der Waals surface area contributed by atoms with E-state index in [4.69, 9.17) is 22.1 Å². The summed E-state index contributed by atoms with van der Waals surface area (Å²) in [5, 5.41) is 20.5. The van der Waals surface area contributed by atoms with E-state index in [2.05, 4.69) is 6.07 Å². The molecule has 25 heavy (non-hydrogen) atoms. The molecule has 1 aromatic carbocycles. The van der Waals surface area contributed by atoms with E-state index in [-0.39, 0.29) is 4.88 Å². The van der Waals surface area contributed by atoms with Crippen LogP contribution >= 0.6 is 22.9 Å². The fourth-order valence-corrected chi connectivity index (χ4v) is 4.14. The Morgan fingerprint density at radius 3 is 2.56 bits per heavy atom. The minimum atomic E-state index is -1.08. The number of halogens is 1. The molecule has 1 aromatic heterocycles. The number of nitrogens with zero attached hydrogens (tertiary/aromatic N) is 2. The zero-order valence-corrected chi connectivity index (χ0v) is 14.8. The van der Waals surface area contributed by atoms with E-state index in [0.717, 1.165) is 11.3 Å². The molecule has 0 saturated carbocycles. The molecule has 6 nitrogen and oxygen atoms in total. The highest BCUT2D eigenvalue weighted by Crippen LogP contribution is 2.40. The molecular formula is C17H16ClN3O3S. The van der Waals surface area contributed by atoms with Gasteiger partial charge in [-0.2, -0.15) is 5.26 Å². The lowest BCUT2D eigenvalue weighted by Crippen LogP contribution is -2.36. The van der Waals surface area contributed by atoms with Gasteiger partial charge in [0, 0.05) is 23.7 Å². The van der Waals surface area contributed by atoms with Crippen LogP contribution in [0.3, 0.4) is 0 Å². The molecule has 1 aliphatic heterocycles. The molecule has 0 radical (unpaired) electrons. The summed E-state index contributed by atoms with van der Waals surface area (Å²) < 4.78 is 5.33. The van der Waals surface area contributed by atoms with Crippen LogP contribution < -0.4 is 10.6 Å². The summed E-state index contributed by atoms with van der Waals surface area (Å²) >= 11 is 7.00. The number of ether oxygens (including phenoxy) is 1. The molecule has 2 heterocycles. The Balaban J connectivity index is 2.10. The molecule has 0 bridgehead atoms. The minimum absolute atomic E-state index is 0.0977. The maximum absolute atomic E-state index is 11.8. The second kappa shape index (κ2) is 7.42. The van der Waals surface area contributed by atoms with E-state index < -0.39 is 12.0 Å². The highest BCUT2D eigenvalue weighted by Gasteiger charge is 2.30. The molecule has 1 atom stereocenters. The quantitative estimate of drug-likeness (QED) is 0.849. The molecule has 0 aliphatic carbocycles. The van der Waals surface area contributed by atoms with Gasteiger partial charge >= 0.3 is 5.97 Å². The van der Waals surface area contributed by atoms with E-state index >= 15 is 0 Å². The van der Waals surface area contributed by atoms with Crippen LogP contribution in [0.5, 0.6) is 0 Å². The average molecular weight is 378 g/mol. The van der Waals surface area contributed by atoms with Gasteiger partial charge in [-0.3, -0.25) is 0 Å². The van der Waals surface area contributed by atoms with E-state index in [1.165, 1.54) is 0 Å². The van der Waals surface area contributed by atoms with Crippen molar-refractivity contribution in [1.29, 1.82) is 5.26 Å². The number of thiophene rings is 1. The number of nitriles is 1. The number of hydrogen-bond donors (Lipinski definition) is 2. The van der Waals surface area contributed by atoms with Crippen LogP contribution in [0.1, 0.15) is 32.4 Å². The van der Waals surface area contributed by atoms with Gasteiger partial charge in [0.05, 0.1) is 24.8 Å². The van der Waals surface area contributed by atoms with Crippen LogP contribution in [-0.2, 0) is 4.74 Å². The van der Waals surface area contributed by atoms with E-state index in [1.54, 1.807) is 24.3 Å². The number of carbonyl (C=O) groups is 1. The molecule has 3 rings (SSSR count). The Bertz CT molecular complexity index is 823. The van der Waals surface area contributed by atoms with Gasteiger partial charge < -0.3 is 20.5 Å². The Labute approximate surface area is 154 Å². The van der Waals surface area contributed by atoms with Crippen molar-refractivity contribution >= 4 is 33.9 Å². The summed E-state index contributed by atoms with van der Waals surface area (Å²) in [6.07, 6.45) is 0. The topological polar surface area (TPSA) is 99.6 Å². The van der Waals surface area contributed by atoms with Crippen LogP contribution in [0, 0.1) is 11.3 Å². The predicted octanol–water partition coefficient (Wildman–Crippen LogP) is 2.86. The summed E-state index contributed by atoms with van der Waals surface area (Å²) in [7, 11) is 0. The number of aromatic carboxylic acids is 1. The van der Waals surface area contributed by atoms with Crippen LogP contribution in [0.2, 0.25) is 5.02 Å². The van der Waals surface area contributed by atoms with Crippen LogP contribution in [0.25, 0.3) is 0 Å². The van der Waals surface area contributed by atoms with Crippen molar-refractivity contribution < 1.29 is 14.6 Å². The van der Waals surface area contributed by atoms with E-state index in [0.29, 0.717) is 53.0 Å². The molecule has 3 N–H and O–H groups in total. The summed E-state index contributed by atoms with van der Waals surface area (Å²) in [4.78, 5) is 13.8. The minimum Gasteiger partial charge on any atom is -0.477 e. The third-order valence-corrected chi connectivity index (χ3v) is 5.58. The van der Waals surface area contributed by atoms with Crippen molar-refractivity contribution in [3.63, 3.8) is 0 Å². The van der Waals surface area contributed by atoms with Crippen molar-refractivity contribution in [2.24, 2.45) is 5.73 Å². The molecule has 1 saturated heterocycles. The lowest BCUT2D eigenvalue weighted by atomic mass is 9.96. The van der Waals surface area contributed by atoms with Crippen molar-refractivity contribution in [2.45, 2.75) is 6.04 Å². The van der Waals surface area contributed by atoms with Gasteiger partial charge in [-0.1, -0.05) is 23.7 Å². The van der Waals surface area contributed by atoms with Crippen molar-refractivity contribution in [2.75, 3.05) is 31.2 Å². The Hall–Kier alpha value is -2.11. The molecule has 8 heteroatoms. The van der Waals surface area contributed by atoms with E-state index in [1.807, 2.05) is 4.90 Å². The summed E-state index contributed by atoms with van der Waals surface area (Å²) in [6, 6.07) is 8.31. The second-order valence-corrected chi connectivity index (χ2v) is 7.01. The molecule has 130 valence electrons. The lowest BCUT2D eigenvalue weighted by molar-refractivity contribution is 0.0700. The number of benzene rings is 1. The maximum Gasteiger partial charge on any atom is 0.346 e. The molecule has 1 aliphatic rings. The van der Waals surface area contributed by atoms with Crippen LogP contribution in [0.4, 0.5) is 5.00 Å². The average Bonchev–Trinajstić information content (AvgIpc) is 3.02. The highest BCUT2D eigenvalue weighted by molar-refractivity contribution is 7.18. The molecule has 0 amide bonds. The first-order chi connectivity index (χ1) is 12.0. The zero-order valence-electron chi connectivity index (χ0n) is 13.2. The fraction of sp³-hybridized carbons (Fsp3) is 0.294. The highest BCUT2D eigenvalue weighted by atomic mass is 35.5. The number of carboxylic acid groups (broad SMARTS) is 1. The van der Waals surface area contributed by atoms with Gasteiger partial charge in [0.2, 0.25) is 0 Å². The lowest BCUT2D eigenvalue weighted by Gasteiger charge is -2.27. The van der Waals surface area contributed by atoms with Gasteiger partial charge in [0.1, 0.15) is 15.9 Å². The monoisotopic (exact) mass is 377 g/mol. The number of carboxylic acids is 1. The van der Waals surface area contributed by atoms with Crippen molar-refractivity contribution in [3.8, 4) is 6.07 Å². The van der Waals surface area contributed by atoms with Crippen LogP contribution in [-0.4, -0.2) is 37.4 Å². The molecule has 1 fully saturated rings. The normalized spacial score (nSPS) is 15.6. The maximum atomic E-state index is 11.8. The number of anilines is 1. The Morgan fingerprint density at radius 2 is 2.00 bits per heavy atom. The van der Waals surface area contributed by atoms with Crippen molar-refractivity contribution in [3.05, 3.63) is 50.9 Å². The fourth-order valence-electron chi connectivity index (χ4n) is 2.82. The first-order valence-corrected chi connectivity index (χ1v) is 8.86. The van der Waals surface area contributed by atoms with Gasteiger partial charge in [0.25, 0.3) is 0 Å². The summed E-state index contributed by atoms with van der Waals surface area (Å²) in [5.74, 6) is -1.08. The first-order valence-electron chi connectivity index (χ1n) is 7.66. The second-order valence-electron chi connectivity index (χ2n) is 5.57. The third kappa shape index (κ3) is 3.48. The van der Waals surface area contributed by atoms with Gasteiger partial charge in [-0.15, -0.1) is 11.3 Å². The van der Waals surface area contributed by atoms with Crippen LogP contribution in [0.15, 0.2) is 24.3 Å². The van der Waals surface area contributed by atoms with Gasteiger partial charge in [-0.05, 0) is 17.7 Å². The number of nitrogens with two attached hydrogens (primary N) is 1. The number of morpholine rings is 1. The summed E-state index contributed by atoms with van der Waals surface area (Å²) in [6.45, 7) is 2.32. The zero-order chi connectivity index (χ0) is 18.0. The standard InChI is InChI=1S/C17H16ClN3O3S/c18-11-3-1-10(2-4-11)14(20)13-12(9-19)16(25-15(13)17(22)23)21-5-7-24-8-6-21/h1-4,14H,5-8,20H2,(H,22,23). The molecule has 1 unspecified atom stereocenters. The summed E-state index contributed by atoms with van der Waals surface area (Å²) in [5.41, 5.74) is 7.71. The van der Waals surface area contributed by atoms with Gasteiger partial charge in [-0.25, -0.2) is 4.79 Å². The molecular weight excluding hydrogens is 362 g/mol. The van der Waals surface area contributed by atoms with Crippen molar-refractivity contribution in [1.82, 2.24) is 0 Å².